The molecular weight excluding hydrogens is 265 g/mol. The Hall–Kier alpha value is -0.640. The quantitative estimate of drug-likeness (QED) is 0.918. The molecule has 1 fully saturated rings. The smallest absolute Gasteiger partial charge is 0.123 e. The number of halogens is 2. The van der Waals surface area contributed by atoms with Crippen molar-refractivity contribution in [2.75, 3.05) is 14.1 Å². The average Bonchev–Trinajstić information content (AvgIpc) is 2.84. The van der Waals surface area contributed by atoms with Crippen molar-refractivity contribution in [3.05, 3.63) is 34.6 Å². The summed E-state index contributed by atoms with van der Waals surface area (Å²) >= 11 is 6.08. The largest absolute Gasteiger partial charge is 0.391 e. The van der Waals surface area contributed by atoms with Gasteiger partial charge in [0.25, 0.3) is 0 Å². The fourth-order valence-corrected chi connectivity index (χ4v) is 3.36. The van der Waals surface area contributed by atoms with Gasteiger partial charge in [-0.15, -0.1) is 0 Å². The molecule has 0 aliphatic heterocycles. The number of rotatable bonds is 4. The van der Waals surface area contributed by atoms with Crippen molar-refractivity contribution in [3.63, 3.8) is 0 Å². The molecule has 106 valence electrons. The zero-order chi connectivity index (χ0) is 14.0. The minimum atomic E-state index is -0.524. The first kappa shape index (κ1) is 14.8. The molecule has 1 aliphatic carbocycles. The number of hydrogen-bond donors (Lipinski definition) is 1. The maximum Gasteiger partial charge on any atom is 0.123 e. The summed E-state index contributed by atoms with van der Waals surface area (Å²) in [6.07, 6.45) is 4.10. The lowest BCUT2D eigenvalue weighted by Gasteiger charge is -2.40. The van der Waals surface area contributed by atoms with Crippen LogP contribution >= 0.6 is 11.6 Å². The first-order chi connectivity index (χ1) is 8.95. The monoisotopic (exact) mass is 285 g/mol. The molecule has 1 saturated carbocycles. The molecule has 0 amide bonds. The molecule has 0 bridgehead atoms. The summed E-state index contributed by atoms with van der Waals surface area (Å²) in [4.78, 5) is 2.11. The van der Waals surface area contributed by atoms with Crippen molar-refractivity contribution in [1.82, 2.24) is 4.90 Å². The van der Waals surface area contributed by atoms with Crippen LogP contribution in [-0.4, -0.2) is 35.7 Å². The molecule has 1 aromatic carbocycles. The molecule has 2 nitrogen and oxygen atoms in total. The maximum absolute atomic E-state index is 13.3. The minimum Gasteiger partial charge on any atom is -0.391 e. The Morgan fingerprint density at radius 2 is 2.00 bits per heavy atom. The van der Waals surface area contributed by atoms with Gasteiger partial charge < -0.3 is 10.0 Å². The van der Waals surface area contributed by atoms with Gasteiger partial charge in [0.2, 0.25) is 0 Å². The average molecular weight is 286 g/mol. The van der Waals surface area contributed by atoms with Gasteiger partial charge in [0, 0.05) is 17.0 Å². The fraction of sp³-hybridized carbons (Fsp3) is 0.600. The summed E-state index contributed by atoms with van der Waals surface area (Å²) in [6, 6.07) is 4.31. The molecule has 2 rings (SSSR count). The van der Waals surface area contributed by atoms with Crippen molar-refractivity contribution in [2.24, 2.45) is 0 Å². The normalized spacial score (nSPS) is 19.9. The van der Waals surface area contributed by atoms with E-state index in [9.17, 15) is 9.50 Å². The lowest BCUT2D eigenvalue weighted by molar-refractivity contribution is -0.00252. The van der Waals surface area contributed by atoms with E-state index >= 15 is 0 Å². The predicted molar refractivity (Wildman–Crippen MR) is 76.0 cm³/mol. The van der Waals surface area contributed by atoms with Gasteiger partial charge in [-0.2, -0.15) is 0 Å². The van der Waals surface area contributed by atoms with E-state index in [1.165, 1.54) is 12.1 Å². The number of likely N-dealkylation sites (N-methyl/N-ethyl adjacent to an activating group) is 1. The van der Waals surface area contributed by atoms with Crippen molar-refractivity contribution < 1.29 is 9.50 Å². The SMILES string of the molecule is CN(C)C1(C(O)Cc2cc(F)ccc2Cl)CCCC1. The van der Waals surface area contributed by atoms with Crippen LogP contribution in [0.5, 0.6) is 0 Å². The lowest BCUT2D eigenvalue weighted by Crippen LogP contribution is -2.52. The summed E-state index contributed by atoms with van der Waals surface area (Å²) in [5.74, 6) is -0.308. The highest BCUT2D eigenvalue weighted by atomic mass is 35.5. The van der Waals surface area contributed by atoms with E-state index in [0.29, 0.717) is 17.0 Å². The molecule has 1 atom stereocenters. The molecular formula is C15H21ClFNO. The lowest BCUT2D eigenvalue weighted by atomic mass is 9.85. The van der Waals surface area contributed by atoms with Gasteiger partial charge in [-0.25, -0.2) is 4.39 Å². The van der Waals surface area contributed by atoms with Crippen LogP contribution in [0.1, 0.15) is 31.2 Å². The summed E-state index contributed by atoms with van der Waals surface area (Å²) in [5.41, 5.74) is 0.484. The summed E-state index contributed by atoms with van der Waals surface area (Å²) in [5, 5.41) is 11.1. The van der Waals surface area contributed by atoms with Gasteiger partial charge >= 0.3 is 0 Å². The summed E-state index contributed by atoms with van der Waals surface area (Å²) in [6.45, 7) is 0. The Kier molecular flexibility index (Phi) is 4.49. The van der Waals surface area contributed by atoms with Crippen LogP contribution in [0.15, 0.2) is 18.2 Å². The van der Waals surface area contributed by atoms with Gasteiger partial charge in [0.05, 0.1) is 6.10 Å². The second-order valence-electron chi connectivity index (χ2n) is 5.66. The Balaban J connectivity index is 2.19. The van der Waals surface area contributed by atoms with Gasteiger partial charge in [-0.1, -0.05) is 24.4 Å². The number of aliphatic hydroxyl groups excluding tert-OH is 1. The Morgan fingerprint density at radius 3 is 2.58 bits per heavy atom. The van der Waals surface area contributed by atoms with E-state index < -0.39 is 6.10 Å². The van der Waals surface area contributed by atoms with Crippen molar-refractivity contribution in [3.8, 4) is 0 Å². The van der Waals surface area contributed by atoms with Crippen LogP contribution in [0, 0.1) is 5.82 Å². The van der Waals surface area contributed by atoms with E-state index in [0.717, 1.165) is 25.7 Å². The second kappa shape index (κ2) is 5.78. The van der Waals surface area contributed by atoms with Gasteiger partial charge in [-0.05, 0) is 50.7 Å². The number of aliphatic hydroxyl groups is 1. The molecule has 19 heavy (non-hydrogen) atoms. The predicted octanol–water partition coefficient (Wildman–Crippen LogP) is 3.26. The van der Waals surface area contributed by atoms with Crippen LogP contribution in [0.3, 0.4) is 0 Å². The first-order valence-electron chi connectivity index (χ1n) is 6.75. The van der Waals surface area contributed by atoms with E-state index in [-0.39, 0.29) is 11.4 Å². The standard InChI is InChI=1S/C15H21ClFNO/c1-18(2)15(7-3-4-8-15)14(19)10-11-9-12(17)5-6-13(11)16/h5-6,9,14,19H,3-4,7-8,10H2,1-2H3. The molecule has 1 N–H and O–H groups in total. The zero-order valence-corrected chi connectivity index (χ0v) is 12.3. The van der Waals surface area contributed by atoms with E-state index in [2.05, 4.69) is 4.90 Å². The number of benzene rings is 1. The fourth-order valence-electron chi connectivity index (χ4n) is 3.16. The molecule has 0 radical (unpaired) electrons. The number of hydrogen-bond acceptors (Lipinski definition) is 2. The van der Waals surface area contributed by atoms with E-state index in [4.69, 9.17) is 11.6 Å². The zero-order valence-electron chi connectivity index (χ0n) is 11.5. The van der Waals surface area contributed by atoms with Crippen molar-refractivity contribution >= 4 is 11.6 Å². The third-order valence-corrected chi connectivity index (χ3v) is 4.77. The van der Waals surface area contributed by atoms with Gasteiger partial charge in [-0.3, -0.25) is 0 Å². The molecule has 0 aromatic heterocycles. The highest BCUT2D eigenvalue weighted by Gasteiger charge is 2.42. The van der Waals surface area contributed by atoms with Crippen LogP contribution in [-0.2, 0) is 6.42 Å². The van der Waals surface area contributed by atoms with Crippen LogP contribution in [0.4, 0.5) is 4.39 Å². The summed E-state index contributed by atoms with van der Waals surface area (Å²) < 4.78 is 13.3. The summed E-state index contributed by atoms with van der Waals surface area (Å²) in [7, 11) is 4.00. The molecule has 0 heterocycles. The Labute approximate surface area is 119 Å². The van der Waals surface area contributed by atoms with Gasteiger partial charge in [0.1, 0.15) is 5.82 Å². The number of nitrogens with zero attached hydrogens (tertiary/aromatic N) is 1. The molecule has 1 aromatic rings. The van der Waals surface area contributed by atoms with E-state index in [1.54, 1.807) is 6.07 Å². The second-order valence-corrected chi connectivity index (χ2v) is 6.07. The third-order valence-electron chi connectivity index (χ3n) is 4.40. The molecule has 0 spiro atoms. The van der Waals surface area contributed by atoms with Gasteiger partial charge in [0.15, 0.2) is 0 Å². The van der Waals surface area contributed by atoms with Crippen molar-refractivity contribution in [1.29, 1.82) is 0 Å². The first-order valence-corrected chi connectivity index (χ1v) is 7.13. The van der Waals surface area contributed by atoms with Crippen molar-refractivity contribution in [2.45, 2.75) is 43.7 Å². The van der Waals surface area contributed by atoms with Crippen LogP contribution in [0.25, 0.3) is 0 Å². The highest BCUT2D eigenvalue weighted by Crippen LogP contribution is 2.38. The Bertz CT molecular complexity index is 444. The topological polar surface area (TPSA) is 23.5 Å². The molecule has 0 saturated heterocycles. The Morgan fingerprint density at radius 1 is 1.37 bits per heavy atom. The van der Waals surface area contributed by atoms with Crippen LogP contribution < -0.4 is 0 Å². The highest BCUT2D eigenvalue weighted by molar-refractivity contribution is 6.31. The molecule has 1 unspecified atom stereocenters. The van der Waals surface area contributed by atoms with E-state index in [1.807, 2.05) is 14.1 Å². The maximum atomic E-state index is 13.3. The minimum absolute atomic E-state index is 0.199. The molecule has 1 aliphatic rings. The molecule has 4 heteroatoms. The third kappa shape index (κ3) is 2.93. The van der Waals surface area contributed by atoms with Crippen LogP contribution in [0.2, 0.25) is 5.02 Å².